The van der Waals surface area contributed by atoms with E-state index in [9.17, 15) is 4.79 Å². The summed E-state index contributed by atoms with van der Waals surface area (Å²) in [6, 6.07) is 15.9. The quantitative estimate of drug-likeness (QED) is 0.517. The van der Waals surface area contributed by atoms with Crippen LogP contribution >= 0.6 is 0 Å². The highest BCUT2D eigenvalue weighted by Gasteiger charge is 2.28. The van der Waals surface area contributed by atoms with Crippen molar-refractivity contribution in [2.24, 2.45) is 11.1 Å². The number of amides is 1. The number of hydroxylamine groups is 1. The smallest absolute Gasteiger partial charge is 0.246 e. The number of benzene rings is 2. The van der Waals surface area contributed by atoms with E-state index < -0.39 is 0 Å². The largest absolute Gasteiger partial charge is 0.392 e. The van der Waals surface area contributed by atoms with Crippen molar-refractivity contribution in [2.75, 3.05) is 0 Å². The summed E-state index contributed by atoms with van der Waals surface area (Å²) in [6.07, 6.45) is 1.63. The molecular weight excluding hydrogens is 344 g/mol. The molecule has 2 atom stereocenters. The zero-order valence-electron chi connectivity index (χ0n) is 15.3. The van der Waals surface area contributed by atoms with Crippen LogP contribution in [-0.2, 0) is 16.2 Å². The van der Waals surface area contributed by atoms with Crippen LogP contribution < -0.4 is 5.48 Å². The lowest BCUT2D eigenvalue weighted by Gasteiger charge is -2.15. The zero-order chi connectivity index (χ0) is 19.2. The molecule has 2 aromatic carbocycles. The van der Waals surface area contributed by atoms with E-state index in [2.05, 4.69) is 5.16 Å². The molecule has 1 aliphatic heterocycles. The van der Waals surface area contributed by atoms with Gasteiger partial charge in [0.05, 0.1) is 12.3 Å². The summed E-state index contributed by atoms with van der Waals surface area (Å²) in [5.74, 6) is -0.676. The minimum Gasteiger partial charge on any atom is -0.392 e. The number of nitrogens with one attached hydrogen (secondary N) is 1. The first-order chi connectivity index (χ1) is 13.1. The van der Waals surface area contributed by atoms with Gasteiger partial charge < -0.3 is 9.94 Å². The van der Waals surface area contributed by atoms with E-state index in [0.717, 1.165) is 28.0 Å². The van der Waals surface area contributed by atoms with E-state index in [1.165, 1.54) is 0 Å². The summed E-state index contributed by atoms with van der Waals surface area (Å²) < 4.78 is 0. The summed E-state index contributed by atoms with van der Waals surface area (Å²) in [4.78, 5) is 17.1. The van der Waals surface area contributed by atoms with Crippen molar-refractivity contribution in [2.45, 2.75) is 38.9 Å². The van der Waals surface area contributed by atoms with Crippen LogP contribution in [0, 0.1) is 5.92 Å². The number of hydrogen-bond acceptors (Lipinski definition) is 5. The van der Waals surface area contributed by atoms with Gasteiger partial charge in [0.15, 0.2) is 0 Å². The lowest BCUT2D eigenvalue weighted by atomic mass is 9.94. The van der Waals surface area contributed by atoms with Crippen LogP contribution in [0.3, 0.4) is 0 Å². The Morgan fingerprint density at radius 1 is 1.15 bits per heavy atom. The Morgan fingerprint density at radius 2 is 1.74 bits per heavy atom. The molecule has 0 spiro atoms. The third-order valence-corrected chi connectivity index (χ3v) is 4.94. The Bertz CT molecular complexity index is 800. The predicted octanol–water partition coefficient (Wildman–Crippen LogP) is 3.26. The molecule has 3 N–H and O–H groups in total. The van der Waals surface area contributed by atoms with Crippen molar-refractivity contribution in [3.05, 3.63) is 59.7 Å². The topological polar surface area (TPSA) is 91.2 Å². The number of oxime groups is 1. The van der Waals surface area contributed by atoms with Crippen LogP contribution in [0.5, 0.6) is 0 Å². The van der Waals surface area contributed by atoms with E-state index in [1.54, 1.807) is 5.48 Å². The first kappa shape index (κ1) is 19.1. The fourth-order valence-electron chi connectivity index (χ4n) is 3.25. The molecule has 142 valence electrons. The van der Waals surface area contributed by atoms with Crippen molar-refractivity contribution < 1.29 is 19.9 Å². The molecule has 0 aliphatic carbocycles. The summed E-state index contributed by atoms with van der Waals surface area (Å²) in [5, 5.41) is 22.1. The lowest BCUT2D eigenvalue weighted by Crippen LogP contribution is -2.30. The van der Waals surface area contributed by atoms with Gasteiger partial charge in [-0.3, -0.25) is 10.0 Å². The molecule has 6 heteroatoms. The van der Waals surface area contributed by atoms with Crippen LogP contribution in [0.15, 0.2) is 53.7 Å². The third-order valence-electron chi connectivity index (χ3n) is 4.94. The van der Waals surface area contributed by atoms with Gasteiger partial charge in [-0.15, -0.1) is 0 Å². The van der Waals surface area contributed by atoms with Gasteiger partial charge in [0.2, 0.25) is 5.91 Å². The van der Waals surface area contributed by atoms with Crippen LogP contribution in [0.4, 0.5) is 0 Å². The number of aliphatic hydroxyl groups excluding tert-OH is 1. The van der Waals surface area contributed by atoms with Gasteiger partial charge in [0.25, 0.3) is 0 Å². The zero-order valence-corrected chi connectivity index (χ0v) is 15.3. The Hall–Kier alpha value is -2.70. The standard InChI is InChI=1S/C21H24N2O4/c1-2-15(21(25)22-26)11-19-12-20(23-27-19)18-9-7-17(8-10-18)16-5-3-14(13-24)4-6-16/h3-10,15,19,24,26H,2,11-13H2,1H3,(H,22,25)/t15?,19-/m0/s1. The highest BCUT2D eigenvalue weighted by molar-refractivity contribution is 6.01. The van der Waals surface area contributed by atoms with Crippen molar-refractivity contribution in [3.8, 4) is 11.1 Å². The van der Waals surface area contributed by atoms with Gasteiger partial charge in [-0.2, -0.15) is 0 Å². The molecule has 6 nitrogen and oxygen atoms in total. The van der Waals surface area contributed by atoms with Gasteiger partial charge in [-0.25, -0.2) is 5.48 Å². The fraction of sp³-hybridized carbons (Fsp3) is 0.333. The Balaban J connectivity index is 1.63. The monoisotopic (exact) mass is 368 g/mol. The van der Waals surface area contributed by atoms with Gasteiger partial charge >= 0.3 is 0 Å². The molecule has 0 saturated carbocycles. The van der Waals surface area contributed by atoms with E-state index in [4.69, 9.17) is 15.2 Å². The van der Waals surface area contributed by atoms with Crippen molar-refractivity contribution >= 4 is 11.6 Å². The average molecular weight is 368 g/mol. The number of carbonyl (C=O) groups excluding carboxylic acids is 1. The maximum atomic E-state index is 11.6. The second kappa shape index (κ2) is 8.79. The minimum atomic E-state index is -0.383. The number of aliphatic hydroxyl groups is 1. The Kier molecular flexibility index (Phi) is 6.21. The van der Waals surface area contributed by atoms with E-state index in [0.29, 0.717) is 19.3 Å². The minimum absolute atomic E-state index is 0.0407. The number of rotatable bonds is 7. The molecule has 0 saturated heterocycles. The van der Waals surface area contributed by atoms with Crippen molar-refractivity contribution in [1.29, 1.82) is 0 Å². The first-order valence-electron chi connectivity index (χ1n) is 9.11. The molecule has 2 aromatic rings. The van der Waals surface area contributed by atoms with Gasteiger partial charge in [-0.05, 0) is 35.1 Å². The summed E-state index contributed by atoms with van der Waals surface area (Å²) in [7, 11) is 0. The van der Waals surface area contributed by atoms with Crippen LogP contribution in [0.25, 0.3) is 11.1 Å². The summed E-state index contributed by atoms with van der Waals surface area (Å²) >= 11 is 0. The number of hydrogen-bond donors (Lipinski definition) is 3. The third kappa shape index (κ3) is 4.53. The summed E-state index contributed by atoms with van der Waals surface area (Å²) in [6.45, 7) is 1.95. The molecule has 0 bridgehead atoms. The fourth-order valence-corrected chi connectivity index (χ4v) is 3.25. The maximum Gasteiger partial charge on any atom is 0.246 e. The molecular formula is C21H24N2O4. The lowest BCUT2D eigenvalue weighted by molar-refractivity contribution is -0.134. The van der Waals surface area contributed by atoms with E-state index >= 15 is 0 Å². The Morgan fingerprint density at radius 3 is 2.30 bits per heavy atom. The van der Waals surface area contributed by atoms with Crippen LogP contribution in [0.2, 0.25) is 0 Å². The van der Waals surface area contributed by atoms with Gasteiger partial charge in [0.1, 0.15) is 6.10 Å². The Labute approximate surface area is 158 Å². The highest BCUT2D eigenvalue weighted by Crippen LogP contribution is 2.26. The molecule has 3 rings (SSSR count). The molecule has 0 radical (unpaired) electrons. The van der Waals surface area contributed by atoms with E-state index in [1.807, 2.05) is 55.5 Å². The highest BCUT2D eigenvalue weighted by atomic mass is 16.6. The molecule has 1 amide bonds. The number of nitrogens with zero attached hydrogens (tertiary/aromatic N) is 1. The van der Waals surface area contributed by atoms with Gasteiger partial charge in [0, 0.05) is 12.3 Å². The van der Waals surface area contributed by atoms with E-state index in [-0.39, 0.29) is 24.5 Å². The van der Waals surface area contributed by atoms with Crippen molar-refractivity contribution in [1.82, 2.24) is 5.48 Å². The van der Waals surface area contributed by atoms with Crippen LogP contribution in [-0.4, -0.2) is 28.0 Å². The molecule has 0 fully saturated rings. The SMILES string of the molecule is CCC(C[C@H]1CC(c2ccc(-c3ccc(CO)cc3)cc2)=NO1)C(=O)NO. The molecule has 0 aromatic heterocycles. The first-order valence-corrected chi connectivity index (χ1v) is 9.11. The number of carbonyl (C=O) groups is 1. The molecule has 27 heavy (non-hydrogen) atoms. The van der Waals surface area contributed by atoms with Crippen molar-refractivity contribution in [3.63, 3.8) is 0 Å². The average Bonchev–Trinajstić information content (AvgIpc) is 3.20. The maximum absolute atomic E-state index is 11.6. The predicted molar refractivity (Wildman–Crippen MR) is 102 cm³/mol. The second-order valence-corrected chi connectivity index (χ2v) is 6.72. The summed E-state index contributed by atoms with van der Waals surface area (Å²) in [5.41, 5.74) is 6.63. The molecule has 1 unspecified atom stereocenters. The normalized spacial score (nSPS) is 17.1. The van der Waals surface area contributed by atoms with Gasteiger partial charge in [-0.1, -0.05) is 60.6 Å². The second-order valence-electron chi connectivity index (χ2n) is 6.72. The molecule has 1 heterocycles. The molecule has 1 aliphatic rings. The van der Waals surface area contributed by atoms with Crippen LogP contribution in [0.1, 0.15) is 37.3 Å².